The molecule has 0 saturated carbocycles. The van der Waals surface area contributed by atoms with Crippen LogP contribution in [0, 0.1) is 6.92 Å². The van der Waals surface area contributed by atoms with Gasteiger partial charge in [0.2, 0.25) is 0 Å². The molecule has 138 valence electrons. The standard InChI is InChI=1S/C21H22N4O2/c1-14-19-11-16(13-25(19)9-6-23-14)18-10-15-2-3-17(12-20(15)27-21(18)26)24-7-4-22-5-8-24/h2-3,6,9,11-13,18,22H,4-5,7-8,10H2,1H3. The number of piperazine rings is 1. The van der Waals surface area contributed by atoms with Crippen LogP contribution in [0.25, 0.3) is 5.52 Å². The highest BCUT2D eigenvalue weighted by Gasteiger charge is 2.31. The van der Waals surface area contributed by atoms with Crippen LogP contribution < -0.4 is 15.0 Å². The van der Waals surface area contributed by atoms with Crippen LogP contribution in [0.1, 0.15) is 22.7 Å². The first-order chi connectivity index (χ1) is 13.2. The second-order valence-corrected chi connectivity index (χ2v) is 7.29. The Bertz CT molecular complexity index is 1020. The highest BCUT2D eigenvalue weighted by molar-refractivity contribution is 5.84. The molecule has 5 rings (SSSR count). The summed E-state index contributed by atoms with van der Waals surface area (Å²) in [6.07, 6.45) is 6.36. The predicted molar refractivity (Wildman–Crippen MR) is 104 cm³/mol. The van der Waals surface area contributed by atoms with Gasteiger partial charge >= 0.3 is 5.97 Å². The summed E-state index contributed by atoms with van der Waals surface area (Å²) in [5.41, 5.74) is 5.17. The SMILES string of the molecule is Cc1nccn2cc(C3Cc4ccc(N5CCNCC5)cc4OC3=O)cc12. The Balaban J connectivity index is 1.45. The van der Waals surface area contributed by atoms with Crippen LogP contribution in [0.5, 0.6) is 5.75 Å². The third-order valence-corrected chi connectivity index (χ3v) is 5.59. The Morgan fingerprint density at radius 1 is 1.22 bits per heavy atom. The average Bonchev–Trinajstić information content (AvgIpc) is 3.13. The number of carbonyl (C=O) groups is 1. The number of aromatic nitrogens is 2. The normalized spacial score (nSPS) is 19.8. The van der Waals surface area contributed by atoms with E-state index < -0.39 is 0 Å². The number of ether oxygens (including phenoxy) is 1. The number of nitrogens with one attached hydrogen (secondary N) is 1. The molecule has 2 aromatic heterocycles. The molecule has 1 N–H and O–H groups in total. The molecule has 1 aromatic carbocycles. The fourth-order valence-corrected chi connectivity index (χ4v) is 4.05. The number of hydrogen-bond acceptors (Lipinski definition) is 5. The van der Waals surface area contributed by atoms with Gasteiger partial charge in [-0.3, -0.25) is 9.78 Å². The highest BCUT2D eigenvalue weighted by Crippen LogP contribution is 2.36. The number of aryl methyl sites for hydroxylation is 1. The third-order valence-electron chi connectivity index (χ3n) is 5.59. The van der Waals surface area contributed by atoms with Crippen molar-refractivity contribution in [2.75, 3.05) is 31.1 Å². The summed E-state index contributed by atoms with van der Waals surface area (Å²) in [5.74, 6) is 0.247. The van der Waals surface area contributed by atoms with Crippen molar-refractivity contribution in [3.63, 3.8) is 0 Å². The monoisotopic (exact) mass is 362 g/mol. The van der Waals surface area contributed by atoms with E-state index in [0.717, 1.165) is 54.2 Å². The van der Waals surface area contributed by atoms with Gasteiger partial charge in [-0.2, -0.15) is 0 Å². The van der Waals surface area contributed by atoms with Gasteiger partial charge in [-0.15, -0.1) is 0 Å². The van der Waals surface area contributed by atoms with Crippen molar-refractivity contribution in [3.05, 3.63) is 59.7 Å². The fraction of sp³-hybridized carbons (Fsp3) is 0.333. The van der Waals surface area contributed by atoms with Gasteiger partial charge in [0, 0.05) is 56.5 Å². The molecule has 2 aliphatic rings. The fourth-order valence-electron chi connectivity index (χ4n) is 4.05. The number of nitrogens with zero attached hydrogens (tertiary/aromatic N) is 3. The molecule has 0 amide bonds. The zero-order chi connectivity index (χ0) is 18.4. The zero-order valence-electron chi connectivity index (χ0n) is 15.3. The molecule has 6 nitrogen and oxygen atoms in total. The van der Waals surface area contributed by atoms with E-state index in [9.17, 15) is 4.79 Å². The molecule has 0 aliphatic carbocycles. The van der Waals surface area contributed by atoms with Crippen molar-refractivity contribution in [1.82, 2.24) is 14.7 Å². The van der Waals surface area contributed by atoms with Crippen LogP contribution in [-0.2, 0) is 11.2 Å². The molecule has 1 atom stereocenters. The first kappa shape index (κ1) is 16.3. The van der Waals surface area contributed by atoms with Crippen molar-refractivity contribution >= 4 is 17.2 Å². The molecule has 1 saturated heterocycles. The molecule has 0 bridgehead atoms. The first-order valence-corrected chi connectivity index (χ1v) is 9.42. The molecular formula is C21H22N4O2. The largest absolute Gasteiger partial charge is 0.426 e. The maximum Gasteiger partial charge on any atom is 0.319 e. The van der Waals surface area contributed by atoms with E-state index in [1.165, 1.54) is 0 Å². The van der Waals surface area contributed by atoms with E-state index in [2.05, 4.69) is 27.3 Å². The minimum absolute atomic E-state index is 0.179. The highest BCUT2D eigenvalue weighted by atomic mass is 16.5. The van der Waals surface area contributed by atoms with Crippen LogP contribution in [0.15, 0.2) is 42.9 Å². The second kappa shape index (κ2) is 6.39. The summed E-state index contributed by atoms with van der Waals surface area (Å²) in [7, 11) is 0. The van der Waals surface area contributed by atoms with E-state index in [-0.39, 0.29) is 11.9 Å². The number of esters is 1. The van der Waals surface area contributed by atoms with Crippen molar-refractivity contribution < 1.29 is 9.53 Å². The number of benzene rings is 1. The molecule has 27 heavy (non-hydrogen) atoms. The van der Waals surface area contributed by atoms with Gasteiger partial charge in [-0.1, -0.05) is 6.07 Å². The van der Waals surface area contributed by atoms with Crippen molar-refractivity contribution in [1.29, 1.82) is 0 Å². The lowest BCUT2D eigenvalue weighted by Crippen LogP contribution is -2.43. The Hall–Kier alpha value is -2.86. The summed E-state index contributed by atoms with van der Waals surface area (Å²) >= 11 is 0. The molecule has 1 fully saturated rings. The predicted octanol–water partition coefficient (Wildman–Crippen LogP) is 2.30. The van der Waals surface area contributed by atoms with Crippen LogP contribution >= 0.6 is 0 Å². The first-order valence-electron chi connectivity index (χ1n) is 9.42. The van der Waals surface area contributed by atoms with Crippen LogP contribution in [-0.4, -0.2) is 41.5 Å². The molecular weight excluding hydrogens is 340 g/mol. The number of rotatable bonds is 2. The Kier molecular flexibility index (Phi) is 3.86. The van der Waals surface area contributed by atoms with E-state index in [0.29, 0.717) is 12.2 Å². The Morgan fingerprint density at radius 2 is 2.07 bits per heavy atom. The maximum absolute atomic E-state index is 12.7. The molecule has 0 spiro atoms. The lowest BCUT2D eigenvalue weighted by molar-refractivity contribution is -0.137. The van der Waals surface area contributed by atoms with Gasteiger partial charge in [0.05, 0.1) is 17.1 Å². The smallest absolute Gasteiger partial charge is 0.319 e. The molecule has 3 aromatic rings. The van der Waals surface area contributed by atoms with E-state index in [1.54, 1.807) is 6.20 Å². The van der Waals surface area contributed by atoms with Crippen LogP contribution in [0.3, 0.4) is 0 Å². The minimum Gasteiger partial charge on any atom is -0.426 e. The van der Waals surface area contributed by atoms with Gasteiger partial charge in [0.1, 0.15) is 5.75 Å². The lowest BCUT2D eigenvalue weighted by atomic mass is 9.91. The summed E-state index contributed by atoms with van der Waals surface area (Å²) in [4.78, 5) is 19.4. The lowest BCUT2D eigenvalue weighted by Gasteiger charge is -2.31. The quantitative estimate of drug-likeness (QED) is 0.560. The topological polar surface area (TPSA) is 58.9 Å². The molecule has 6 heteroatoms. The van der Waals surface area contributed by atoms with Crippen molar-refractivity contribution in [2.24, 2.45) is 0 Å². The Labute approximate surface area is 157 Å². The number of anilines is 1. The number of carbonyl (C=O) groups excluding carboxylic acids is 1. The minimum atomic E-state index is -0.276. The molecule has 2 aliphatic heterocycles. The van der Waals surface area contributed by atoms with Gasteiger partial charge in [0.25, 0.3) is 0 Å². The number of hydrogen-bond donors (Lipinski definition) is 1. The second-order valence-electron chi connectivity index (χ2n) is 7.29. The zero-order valence-corrected chi connectivity index (χ0v) is 15.3. The van der Waals surface area contributed by atoms with E-state index >= 15 is 0 Å². The Morgan fingerprint density at radius 3 is 2.89 bits per heavy atom. The molecule has 0 radical (unpaired) electrons. The van der Waals surface area contributed by atoms with Crippen molar-refractivity contribution in [3.8, 4) is 5.75 Å². The van der Waals surface area contributed by atoms with Crippen LogP contribution in [0.4, 0.5) is 5.69 Å². The summed E-state index contributed by atoms with van der Waals surface area (Å²) in [6, 6.07) is 8.31. The van der Waals surface area contributed by atoms with Gasteiger partial charge in [0.15, 0.2) is 0 Å². The van der Waals surface area contributed by atoms with Gasteiger partial charge in [-0.05, 0) is 36.6 Å². The summed E-state index contributed by atoms with van der Waals surface area (Å²) in [5, 5.41) is 3.36. The summed E-state index contributed by atoms with van der Waals surface area (Å²) in [6.45, 7) is 5.89. The van der Waals surface area contributed by atoms with Crippen LogP contribution in [0.2, 0.25) is 0 Å². The average molecular weight is 362 g/mol. The van der Waals surface area contributed by atoms with Gasteiger partial charge in [-0.25, -0.2) is 0 Å². The maximum atomic E-state index is 12.7. The third kappa shape index (κ3) is 2.86. The molecule has 1 unspecified atom stereocenters. The number of fused-ring (bicyclic) bond motifs is 2. The van der Waals surface area contributed by atoms with Gasteiger partial charge < -0.3 is 19.4 Å². The summed E-state index contributed by atoms with van der Waals surface area (Å²) < 4.78 is 7.77. The van der Waals surface area contributed by atoms with E-state index in [1.807, 2.05) is 35.9 Å². The molecule has 4 heterocycles. The van der Waals surface area contributed by atoms with E-state index in [4.69, 9.17) is 4.74 Å². The van der Waals surface area contributed by atoms with Crippen molar-refractivity contribution in [2.45, 2.75) is 19.3 Å².